The van der Waals surface area contributed by atoms with Gasteiger partial charge in [-0.2, -0.15) is 0 Å². The first-order valence-electron chi connectivity index (χ1n) is 10.1. The number of carbonyl (C=O) groups is 1. The molecule has 0 N–H and O–H groups in total. The molecular formula is C25H21NO8. The first-order valence-corrected chi connectivity index (χ1v) is 10.1. The van der Waals surface area contributed by atoms with Crippen LogP contribution in [0.2, 0.25) is 0 Å². The van der Waals surface area contributed by atoms with Crippen LogP contribution in [-0.2, 0) is 4.74 Å². The molecule has 174 valence electrons. The van der Waals surface area contributed by atoms with E-state index < -0.39 is 10.9 Å². The normalized spacial score (nSPS) is 10.7. The van der Waals surface area contributed by atoms with Crippen molar-refractivity contribution in [2.24, 2.45) is 0 Å². The van der Waals surface area contributed by atoms with E-state index in [2.05, 4.69) is 0 Å². The Morgan fingerprint density at radius 2 is 1.41 bits per heavy atom. The Bertz CT molecular complexity index is 1370. The van der Waals surface area contributed by atoms with Gasteiger partial charge in [-0.05, 0) is 35.9 Å². The van der Waals surface area contributed by atoms with E-state index in [-0.39, 0.29) is 11.3 Å². The van der Waals surface area contributed by atoms with Crippen LogP contribution in [0.3, 0.4) is 0 Å². The number of esters is 1. The van der Waals surface area contributed by atoms with Gasteiger partial charge in [-0.3, -0.25) is 10.1 Å². The van der Waals surface area contributed by atoms with Crippen LogP contribution in [0.4, 0.5) is 5.69 Å². The van der Waals surface area contributed by atoms with Crippen molar-refractivity contribution in [1.29, 1.82) is 0 Å². The highest BCUT2D eigenvalue weighted by Crippen LogP contribution is 2.45. The third-order valence-electron chi connectivity index (χ3n) is 5.39. The standard InChI is InChI=1S/C25H21NO8/c1-30-17-9-15(10-18(11-17)31-2)22-23-20(25(27)33-4)12-19(32-3)13-21(23)34-24(22)14-5-7-16(8-6-14)26(28)29/h5-13H,1-4H3. The molecule has 9 nitrogen and oxygen atoms in total. The van der Waals surface area contributed by atoms with Crippen LogP contribution in [0.15, 0.2) is 59.0 Å². The Labute approximate surface area is 194 Å². The summed E-state index contributed by atoms with van der Waals surface area (Å²) >= 11 is 0. The molecule has 1 aromatic heterocycles. The average molecular weight is 463 g/mol. The van der Waals surface area contributed by atoms with Gasteiger partial charge in [0.25, 0.3) is 5.69 Å². The quantitative estimate of drug-likeness (QED) is 0.201. The van der Waals surface area contributed by atoms with Crippen molar-refractivity contribution in [3.63, 3.8) is 0 Å². The summed E-state index contributed by atoms with van der Waals surface area (Å²) in [6, 6.07) is 14.5. The Kier molecular flexibility index (Phi) is 6.09. The van der Waals surface area contributed by atoms with Crippen molar-refractivity contribution in [2.75, 3.05) is 28.4 Å². The second kappa shape index (κ2) is 9.14. The molecule has 0 unspecified atom stereocenters. The molecule has 0 radical (unpaired) electrons. The van der Waals surface area contributed by atoms with E-state index in [4.69, 9.17) is 23.4 Å². The molecule has 0 amide bonds. The van der Waals surface area contributed by atoms with Gasteiger partial charge in [0, 0.05) is 40.8 Å². The van der Waals surface area contributed by atoms with Gasteiger partial charge < -0.3 is 23.4 Å². The molecular weight excluding hydrogens is 442 g/mol. The summed E-state index contributed by atoms with van der Waals surface area (Å²) in [7, 11) is 5.84. The zero-order valence-electron chi connectivity index (χ0n) is 18.9. The largest absolute Gasteiger partial charge is 0.497 e. The minimum atomic E-state index is -0.573. The molecule has 3 aromatic carbocycles. The van der Waals surface area contributed by atoms with Crippen LogP contribution in [0.5, 0.6) is 17.2 Å². The summed E-state index contributed by atoms with van der Waals surface area (Å²) in [4.78, 5) is 23.4. The molecule has 0 aliphatic rings. The molecule has 4 aromatic rings. The van der Waals surface area contributed by atoms with Crippen molar-refractivity contribution in [1.82, 2.24) is 0 Å². The third kappa shape index (κ3) is 3.99. The number of furan rings is 1. The first-order chi connectivity index (χ1) is 16.4. The van der Waals surface area contributed by atoms with Gasteiger partial charge >= 0.3 is 5.97 Å². The molecule has 0 bridgehead atoms. The predicted molar refractivity (Wildman–Crippen MR) is 125 cm³/mol. The summed E-state index contributed by atoms with van der Waals surface area (Å²) in [5.41, 5.74) is 2.37. The minimum absolute atomic E-state index is 0.0543. The van der Waals surface area contributed by atoms with E-state index in [1.807, 2.05) is 0 Å². The lowest BCUT2D eigenvalue weighted by Crippen LogP contribution is -2.03. The number of rotatable bonds is 7. The minimum Gasteiger partial charge on any atom is -0.497 e. The van der Waals surface area contributed by atoms with Gasteiger partial charge in [-0.1, -0.05) is 0 Å². The second-order valence-corrected chi connectivity index (χ2v) is 7.25. The smallest absolute Gasteiger partial charge is 0.338 e. The highest BCUT2D eigenvalue weighted by Gasteiger charge is 2.26. The lowest BCUT2D eigenvalue weighted by Gasteiger charge is -2.11. The molecule has 0 aliphatic heterocycles. The summed E-state index contributed by atoms with van der Waals surface area (Å²) < 4.78 is 27.5. The molecule has 4 rings (SSSR count). The van der Waals surface area contributed by atoms with E-state index in [0.29, 0.717) is 50.7 Å². The molecule has 0 spiro atoms. The number of nitro benzene ring substituents is 1. The van der Waals surface area contributed by atoms with Gasteiger partial charge in [0.2, 0.25) is 0 Å². The number of hydrogen-bond donors (Lipinski definition) is 0. The number of non-ortho nitro benzene ring substituents is 1. The number of fused-ring (bicyclic) bond motifs is 1. The Morgan fingerprint density at radius 1 is 0.824 bits per heavy atom. The van der Waals surface area contributed by atoms with E-state index in [9.17, 15) is 14.9 Å². The van der Waals surface area contributed by atoms with Gasteiger partial charge in [0.15, 0.2) is 0 Å². The van der Waals surface area contributed by atoms with Crippen molar-refractivity contribution in [3.05, 3.63) is 70.3 Å². The maximum Gasteiger partial charge on any atom is 0.338 e. The number of nitro groups is 1. The zero-order chi connectivity index (χ0) is 24.4. The van der Waals surface area contributed by atoms with E-state index in [1.54, 1.807) is 42.5 Å². The molecule has 1 heterocycles. The van der Waals surface area contributed by atoms with Crippen LogP contribution in [0.1, 0.15) is 10.4 Å². The first kappa shape index (κ1) is 22.7. The number of nitrogens with zero attached hydrogens (tertiary/aromatic N) is 1. The summed E-state index contributed by atoms with van der Waals surface area (Å²) in [5.74, 6) is 1.30. The molecule has 0 aliphatic carbocycles. The van der Waals surface area contributed by atoms with Crippen molar-refractivity contribution in [3.8, 4) is 39.7 Å². The fourth-order valence-electron chi connectivity index (χ4n) is 3.76. The van der Waals surface area contributed by atoms with Crippen molar-refractivity contribution < 1.29 is 33.1 Å². The molecule has 0 saturated carbocycles. The fraction of sp³-hybridized carbons (Fsp3) is 0.160. The molecule has 34 heavy (non-hydrogen) atoms. The maximum absolute atomic E-state index is 12.7. The maximum atomic E-state index is 12.7. The van der Waals surface area contributed by atoms with Crippen LogP contribution in [0.25, 0.3) is 33.4 Å². The lowest BCUT2D eigenvalue weighted by atomic mass is 9.95. The Balaban J connectivity index is 2.11. The molecule has 0 atom stereocenters. The third-order valence-corrected chi connectivity index (χ3v) is 5.39. The summed E-state index contributed by atoms with van der Waals surface area (Å²) in [6.45, 7) is 0. The lowest BCUT2D eigenvalue weighted by molar-refractivity contribution is -0.384. The topological polar surface area (TPSA) is 110 Å². The van der Waals surface area contributed by atoms with Crippen LogP contribution < -0.4 is 14.2 Å². The molecule has 0 saturated heterocycles. The van der Waals surface area contributed by atoms with Crippen LogP contribution in [-0.4, -0.2) is 39.3 Å². The number of benzene rings is 3. The monoisotopic (exact) mass is 463 g/mol. The van der Waals surface area contributed by atoms with Gasteiger partial charge in [0.05, 0.1) is 38.9 Å². The van der Waals surface area contributed by atoms with Gasteiger partial charge in [-0.25, -0.2) is 4.79 Å². The van der Waals surface area contributed by atoms with E-state index >= 15 is 0 Å². The highest BCUT2D eigenvalue weighted by atomic mass is 16.6. The van der Waals surface area contributed by atoms with Crippen molar-refractivity contribution in [2.45, 2.75) is 0 Å². The van der Waals surface area contributed by atoms with Crippen LogP contribution >= 0.6 is 0 Å². The number of ether oxygens (including phenoxy) is 4. The zero-order valence-corrected chi connectivity index (χ0v) is 18.9. The van der Waals surface area contributed by atoms with E-state index in [0.717, 1.165) is 0 Å². The summed E-state index contributed by atoms with van der Waals surface area (Å²) in [5, 5.41) is 11.6. The Morgan fingerprint density at radius 3 is 1.94 bits per heavy atom. The summed E-state index contributed by atoms with van der Waals surface area (Å²) in [6.07, 6.45) is 0. The Hall–Kier alpha value is -4.53. The number of hydrogen-bond acceptors (Lipinski definition) is 8. The van der Waals surface area contributed by atoms with Gasteiger partial charge in [-0.15, -0.1) is 0 Å². The average Bonchev–Trinajstić information content (AvgIpc) is 3.26. The second-order valence-electron chi connectivity index (χ2n) is 7.25. The van der Waals surface area contributed by atoms with E-state index in [1.165, 1.54) is 40.6 Å². The number of methoxy groups -OCH3 is 4. The highest BCUT2D eigenvalue weighted by molar-refractivity contribution is 6.13. The van der Waals surface area contributed by atoms with Crippen molar-refractivity contribution >= 4 is 22.6 Å². The van der Waals surface area contributed by atoms with Crippen LogP contribution in [0, 0.1) is 10.1 Å². The fourth-order valence-corrected chi connectivity index (χ4v) is 3.76. The predicted octanol–water partition coefficient (Wildman–Crippen LogP) is 5.49. The molecule has 0 fully saturated rings. The SMILES string of the molecule is COC(=O)c1cc(OC)cc2oc(-c3ccc([N+](=O)[O-])cc3)c(-c3cc(OC)cc(OC)c3)c12. The molecule has 9 heteroatoms. The van der Waals surface area contributed by atoms with Gasteiger partial charge in [0.1, 0.15) is 28.6 Å². The number of carbonyl (C=O) groups excluding carboxylic acids is 1.